The van der Waals surface area contributed by atoms with Gasteiger partial charge in [-0.2, -0.15) is 0 Å². The molecule has 0 bridgehead atoms. The minimum Gasteiger partial charge on any atom is -0.354 e. The minimum atomic E-state index is 0.195. The summed E-state index contributed by atoms with van der Waals surface area (Å²) in [5, 5.41) is 2.87. The highest BCUT2D eigenvalue weighted by atomic mass is 16.1. The first-order chi connectivity index (χ1) is 7.86. The highest BCUT2D eigenvalue weighted by Gasteiger charge is 2.19. The van der Waals surface area contributed by atoms with Crippen molar-refractivity contribution in [3.8, 4) is 0 Å². The molecule has 3 nitrogen and oxygen atoms in total. The van der Waals surface area contributed by atoms with Crippen LogP contribution in [0, 0.1) is 5.92 Å². The van der Waals surface area contributed by atoms with E-state index in [-0.39, 0.29) is 5.91 Å². The Balaban J connectivity index is 1.96. The van der Waals surface area contributed by atoms with Crippen LogP contribution in [0.1, 0.15) is 51.4 Å². The van der Waals surface area contributed by atoms with E-state index in [1.165, 1.54) is 44.2 Å². The van der Waals surface area contributed by atoms with Crippen molar-refractivity contribution in [1.29, 1.82) is 0 Å². The lowest BCUT2D eigenvalue weighted by atomic mass is 9.91. The smallest absolute Gasteiger partial charge is 0.220 e. The molecule has 0 saturated heterocycles. The summed E-state index contributed by atoms with van der Waals surface area (Å²) >= 11 is 0. The van der Waals surface area contributed by atoms with Gasteiger partial charge in [-0.15, -0.1) is 0 Å². The van der Waals surface area contributed by atoms with E-state index in [1.807, 2.05) is 0 Å². The lowest BCUT2D eigenvalue weighted by Crippen LogP contribution is -2.30. The first kappa shape index (κ1) is 11.6. The maximum Gasteiger partial charge on any atom is 0.220 e. The van der Waals surface area contributed by atoms with Gasteiger partial charge in [0.15, 0.2) is 0 Å². The zero-order valence-corrected chi connectivity index (χ0v) is 10.0. The predicted octanol–water partition coefficient (Wildman–Crippen LogP) is 2.31. The zero-order valence-electron chi connectivity index (χ0n) is 10.0. The molecule has 1 fully saturated rings. The van der Waals surface area contributed by atoms with Crippen LogP contribution in [0.25, 0.3) is 0 Å². The number of aliphatic imine (C=N–C) groups is 1. The van der Waals surface area contributed by atoms with Crippen LogP contribution in [-0.2, 0) is 4.79 Å². The fourth-order valence-corrected chi connectivity index (χ4v) is 2.75. The third-order valence-corrected chi connectivity index (χ3v) is 3.68. The Hall–Kier alpha value is -0.860. The number of carbonyl (C=O) groups excluding carboxylic acids is 1. The fourth-order valence-electron chi connectivity index (χ4n) is 2.75. The molecule has 1 N–H and O–H groups in total. The molecule has 0 aromatic carbocycles. The van der Waals surface area contributed by atoms with E-state index in [2.05, 4.69) is 10.3 Å². The van der Waals surface area contributed by atoms with Crippen molar-refractivity contribution in [3.05, 3.63) is 0 Å². The van der Waals surface area contributed by atoms with Gasteiger partial charge in [0.25, 0.3) is 0 Å². The molecular weight excluding hydrogens is 200 g/mol. The Morgan fingerprint density at radius 3 is 2.56 bits per heavy atom. The van der Waals surface area contributed by atoms with Crippen molar-refractivity contribution in [2.24, 2.45) is 10.9 Å². The Bertz CT molecular complexity index is 265. The van der Waals surface area contributed by atoms with Crippen LogP contribution in [0.2, 0.25) is 0 Å². The van der Waals surface area contributed by atoms with Gasteiger partial charge in [-0.3, -0.25) is 9.79 Å². The molecule has 16 heavy (non-hydrogen) atoms. The summed E-state index contributed by atoms with van der Waals surface area (Å²) < 4.78 is 0. The molecule has 90 valence electrons. The Labute approximate surface area is 97.7 Å². The third-order valence-electron chi connectivity index (χ3n) is 3.68. The zero-order chi connectivity index (χ0) is 11.2. The van der Waals surface area contributed by atoms with E-state index in [0.717, 1.165) is 19.5 Å². The van der Waals surface area contributed by atoms with Crippen molar-refractivity contribution in [2.75, 3.05) is 13.1 Å². The largest absolute Gasteiger partial charge is 0.354 e. The van der Waals surface area contributed by atoms with E-state index in [9.17, 15) is 4.79 Å². The summed E-state index contributed by atoms with van der Waals surface area (Å²) in [5.41, 5.74) is 1.33. The van der Waals surface area contributed by atoms with Crippen LogP contribution >= 0.6 is 0 Å². The predicted molar refractivity (Wildman–Crippen MR) is 65.7 cm³/mol. The van der Waals surface area contributed by atoms with Gasteiger partial charge >= 0.3 is 0 Å². The maximum absolute atomic E-state index is 11.4. The monoisotopic (exact) mass is 222 g/mol. The van der Waals surface area contributed by atoms with Crippen LogP contribution in [0.5, 0.6) is 0 Å². The van der Waals surface area contributed by atoms with Gasteiger partial charge in [-0.1, -0.05) is 25.7 Å². The average molecular weight is 222 g/mol. The summed E-state index contributed by atoms with van der Waals surface area (Å²) in [6.45, 7) is 1.49. The van der Waals surface area contributed by atoms with Crippen LogP contribution in [-0.4, -0.2) is 24.7 Å². The van der Waals surface area contributed by atoms with Crippen molar-refractivity contribution in [2.45, 2.75) is 51.4 Å². The first-order valence-corrected chi connectivity index (χ1v) is 6.66. The second-order valence-electron chi connectivity index (χ2n) is 4.91. The van der Waals surface area contributed by atoms with E-state index in [4.69, 9.17) is 0 Å². The summed E-state index contributed by atoms with van der Waals surface area (Å²) in [6, 6.07) is 0. The molecule has 2 rings (SSSR count). The summed E-state index contributed by atoms with van der Waals surface area (Å²) in [5.74, 6) is 0.870. The average Bonchev–Trinajstić information content (AvgIpc) is 2.53. The number of nitrogens with one attached hydrogen (secondary N) is 1. The molecule has 1 aliphatic heterocycles. The SMILES string of the molecule is O=C1CCC(C2CCCCCC2)=NCCN1. The maximum atomic E-state index is 11.4. The molecule has 3 heteroatoms. The molecule has 0 aromatic rings. The second-order valence-corrected chi connectivity index (χ2v) is 4.91. The van der Waals surface area contributed by atoms with Gasteiger partial charge in [0.2, 0.25) is 5.91 Å². The van der Waals surface area contributed by atoms with Crippen LogP contribution in [0.3, 0.4) is 0 Å². The summed E-state index contributed by atoms with van der Waals surface area (Å²) in [7, 11) is 0. The Morgan fingerprint density at radius 2 is 1.81 bits per heavy atom. The van der Waals surface area contributed by atoms with Gasteiger partial charge in [0.05, 0.1) is 6.54 Å². The van der Waals surface area contributed by atoms with Crippen LogP contribution < -0.4 is 5.32 Å². The van der Waals surface area contributed by atoms with Gasteiger partial charge in [-0.05, 0) is 25.2 Å². The molecule has 1 aliphatic carbocycles. The lowest BCUT2D eigenvalue weighted by molar-refractivity contribution is -0.120. The van der Waals surface area contributed by atoms with Gasteiger partial charge in [-0.25, -0.2) is 0 Å². The Morgan fingerprint density at radius 1 is 1.06 bits per heavy atom. The standard InChI is InChI=1S/C13H22N2O/c16-13-8-7-12(14-9-10-15-13)11-5-3-1-2-4-6-11/h11H,1-10H2,(H,15,16). The molecule has 0 unspecified atom stereocenters. The number of carbonyl (C=O) groups is 1. The van der Waals surface area contributed by atoms with Gasteiger partial charge < -0.3 is 5.32 Å². The van der Waals surface area contributed by atoms with Gasteiger partial charge in [0.1, 0.15) is 0 Å². The normalized spacial score (nSPS) is 25.0. The van der Waals surface area contributed by atoms with E-state index < -0.39 is 0 Å². The molecule has 0 aromatic heterocycles. The van der Waals surface area contributed by atoms with Crippen molar-refractivity contribution < 1.29 is 4.79 Å². The quantitative estimate of drug-likeness (QED) is 0.680. The fraction of sp³-hybridized carbons (Fsp3) is 0.846. The van der Waals surface area contributed by atoms with E-state index >= 15 is 0 Å². The topological polar surface area (TPSA) is 41.5 Å². The highest BCUT2D eigenvalue weighted by molar-refractivity contribution is 5.90. The molecule has 1 amide bonds. The molecular formula is C13H22N2O. The molecule has 1 heterocycles. The van der Waals surface area contributed by atoms with Crippen molar-refractivity contribution >= 4 is 11.6 Å². The highest BCUT2D eigenvalue weighted by Crippen LogP contribution is 2.25. The molecule has 2 aliphatic rings. The third kappa shape index (κ3) is 3.32. The Kier molecular flexibility index (Phi) is 4.37. The summed E-state index contributed by atoms with van der Waals surface area (Å²) in [6.07, 6.45) is 9.55. The number of amides is 1. The lowest BCUT2D eigenvalue weighted by Gasteiger charge is -2.19. The summed E-state index contributed by atoms with van der Waals surface area (Å²) in [4.78, 5) is 16.1. The number of hydrogen-bond donors (Lipinski definition) is 1. The van der Waals surface area contributed by atoms with Gasteiger partial charge in [0, 0.05) is 18.7 Å². The van der Waals surface area contributed by atoms with Crippen molar-refractivity contribution in [1.82, 2.24) is 5.32 Å². The molecule has 1 saturated carbocycles. The number of nitrogens with zero attached hydrogens (tertiary/aromatic N) is 1. The number of hydrogen-bond acceptors (Lipinski definition) is 2. The van der Waals surface area contributed by atoms with Crippen LogP contribution in [0.15, 0.2) is 4.99 Å². The number of rotatable bonds is 1. The molecule has 0 radical (unpaired) electrons. The van der Waals surface area contributed by atoms with E-state index in [1.54, 1.807) is 0 Å². The van der Waals surface area contributed by atoms with E-state index in [0.29, 0.717) is 12.3 Å². The van der Waals surface area contributed by atoms with Crippen molar-refractivity contribution in [3.63, 3.8) is 0 Å². The molecule has 0 spiro atoms. The first-order valence-electron chi connectivity index (χ1n) is 6.66. The minimum absolute atomic E-state index is 0.195. The molecule has 0 atom stereocenters. The second kappa shape index (κ2) is 6.02. The van der Waals surface area contributed by atoms with Crippen LogP contribution in [0.4, 0.5) is 0 Å².